The van der Waals surface area contributed by atoms with Crippen LogP contribution in [0.2, 0.25) is 0 Å². The van der Waals surface area contributed by atoms with E-state index in [-0.39, 0.29) is 25.7 Å². The third-order valence-electron chi connectivity index (χ3n) is 20.0. The van der Waals surface area contributed by atoms with Crippen LogP contribution < -0.4 is 0 Å². The average molecular weight is 1520 g/mol. The average Bonchev–Trinajstić information content (AvgIpc) is 0.906. The molecule has 0 aromatic carbocycles. The predicted molar refractivity (Wildman–Crippen MR) is 428 cm³/mol. The number of aliphatic hydroxyl groups is 1. The molecule has 0 heterocycles. The number of phosphoric ester groups is 2. The van der Waals surface area contributed by atoms with Crippen molar-refractivity contribution in [2.75, 3.05) is 39.6 Å². The molecule has 0 fully saturated rings. The van der Waals surface area contributed by atoms with Crippen molar-refractivity contribution in [2.45, 2.75) is 477 Å². The molecule has 0 aliphatic heterocycles. The highest BCUT2D eigenvalue weighted by atomic mass is 31.2. The number of aliphatic hydroxyl groups excluding tert-OH is 1. The van der Waals surface area contributed by atoms with E-state index >= 15 is 0 Å². The van der Waals surface area contributed by atoms with Crippen LogP contribution in [0.4, 0.5) is 0 Å². The van der Waals surface area contributed by atoms with Crippen molar-refractivity contribution in [3.05, 3.63) is 0 Å². The molecule has 0 saturated heterocycles. The Morgan fingerprint density at radius 3 is 0.654 bits per heavy atom. The molecule has 0 aliphatic rings. The lowest BCUT2D eigenvalue weighted by Gasteiger charge is -2.21. The number of hydrogen-bond acceptors (Lipinski definition) is 15. The van der Waals surface area contributed by atoms with E-state index in [0.717, 1.165) is 95.8 Å². The van der Waals surface area contributed by atoms with Gasteiger partial charge in [-0.15, -0.1) is 0 Å². The first-order valence-electron chi connectivity index (χ1n) is 44.1. The molecule has 19 heteroatoms. The van der Waals surface area contributed by atoms with Gasteiger partial charge in [0.2, 0.25) is 0 Å². The van der Waals surface area contributed by atoms with Gasteiger partial charge < -0.3 is 33.8 Å². The lowest BCUT2D eigenvalue weighted by Crippen LogP contribution is -2.30. The summed E-state index contributed by atoms with van der Waals surface area (Å²) in [7, 11) is -9.92. The van der Waals surface area contributed by atoms with E-state index in [1.165, 1.54) is 283 Å². The van der Waals surface area contributed by atoms with Gasteiger partial charge >= 0.3 is 39.5 Å². The van der Waals surface area contributed by atoms with Crippen LogP contribution >= 0.6 is 15.6 Å². The second kappa shape index (κ2) is 77.8. The Morgan fingerprint density at radius 1 is 0.260 bits per heavy atom. The van der Waals surface area contributed by atoms with Crippen LogP contribution in [0, 0.1) is 5.92 Å². The molecule has 0 spiro atoms. The van der Waals surface area contributed by atoms with E-state index < -0.39 is 97.5 Å². The first-order valence-corrected chi connectivity index (χ1v) is 47.1. The maximum Gasteiger partial charge on any atom is 0.472 e. The highest BCUT2D eigenvalue weighted by Crippen LogP contribution is 2.45. The summed E-state index contributed by atoms with van der Waals surface area (Å²) >= 11 is 0. The van der Waals surface area contributed by atoms with Crippen molar-refractivity contribution < 1.29 is 80.2 Å². The molecule has 0 amide bonds. The SMILES string of the molecule is CCCCCCCCCCCCCCCCCCCCCCCC(=O)O[C@H](COC(=O)CCCCCCCCCCCCCCCCCCCCC)COP(=O)(O)OC[C@@H](O)COP(=O)(O)OC[C@@H](COC(=O)CCCCCCCCCCC(C)C)OC(=O)CCCCCCCCCCCCCCC. The number of carbonyl (C=O) groups excluding carboxylic acids is 4. The van der Waals surface area contributed by atoms with Gasteiger partial charge in [0, 0.05) is 25.7 Å². The van der Waals surface area contributed by atoms with E-state index in [1.54, 1.807) is 0 Å². The maximum atomic E-state index is 13.1. The first kappa shape index (κ1) is 102. The molecule has 0 aromatic heterocycles. The fourth-order valence-corrected chi connectivity index (χ4v) is 14.9. The summed E-state index contributed by atoms with van der Waals surface area (Å²) in [5.74, 6) is -1.38. The monoisotopic (exact) mass is 1520 g/mol. The normalized spacial score (nSPS) is 13.8. The molecule has 5 atom stereocenters. The molecular formula is C85H166O17P2. The maximum absolute atomic E-state index is 13.1. The van der Waals surface area contributed by atoms with Crippen LogP contribution in [0.15, 0.2) is 0 Å². The highest BCUT2D eigenvalue weighted by Gasteiger charge is 2.30. The molecule has 0 aromatic rings. The van der Waals surface area contributed by atoms with Crippen molar-refractivity contribution >= 4 is 39.5 Å². The van der Waals surface area contributed by atoms with E-state index in [9.17, 15) is 43.2 Å². The number of ether oxygens (including phenoxy) is 4. The zero-order chi connectivity index (χ0) is 76.2. The summed E-state index contributed by atoms with van der Waals surface area (Å²) in [4.78, 5) is 73.2. The molecule has 2 unspecified atom stereocenters. The summed E-state index contributed by atoms with van der Waals surface area (Å²) in [6.45, 7) is 7.32. The van der Waals surface area contributed by atoms with Crippen molar-refractivity contribution in [2.24, 2.45) is 5.92 Å². The van der Waals surface area contributed by atoms with Crippen LogP contribution in [-0.4, -0.2) is 96.7 Å². The Morgan fingerprint density at radius 2 is 0.442 bits per heavy atom. The number of esters is 4. The Hall–Kier alpha value is -1.94. The molecule has 0 radical (unpaired) electrons. The zero-order valence-electron chi connectivity index (χ0n) is 68.2. The third kappa shape index (κ3) is 78.2. The van der Waals surface area contributed by atoms with Gasteiger partial charge in [0.05, 0.1) is 26.4 Å². The topological polar surface area (TPSA) is 237 Å². The smallest absolute Gasteiger partial charge is 0.462 e. The molecule has 104 heavy (non-hydrogen) atoms. The van der Waals surface area contributed by atoms with Crippen LogP contribution in [0.5, 0.6) is 0 Å². The van der Waals surface area contributed by atoms with E-state index in [1.807, 2.05) is 0 Å². The van der Waals surface area contributed by atoms with Crippen LogP contribution in [0.25, 0.3) is 0 Å². The van der Waals surface area contributed by atoms with Crippen molar-refractivity contribution in [1.82, 2.24) is 0 Å². The summed E-state index contributed by atoms with van der Waals surface area (Å²) in [6.07, 6.45) is 70.9. The van der Waals surface area contributed by atoms with Crippen LogP contribution in [-0.2, 0) is 65.4 Å². The second-order valence-corrected chi connectivity index (χ2v) is 34.0. The Kier molecular flexibility index (Phi) is 76.3. The molecule has 0 saturated carbocycles. The molecule has 0 aliphatic carbocycles. The Bertz CT molecular complexity index is 1980. The van der Waals surface area contributed by atoms with Crippen LogP contribution in [0.1, 0.15) is 458 Å². The Balaban J connectivity index is 5.22. The molecule has 17 nitrogen and oxygen atoms in total. The Labute approximate surface area is 638 Å². The molecule has 618 valence electrons. The van der Waals surface area contributed by atoms with E-state index in [0.29, 0.717) is 25.7 Å². The fourth-order valence-electron chi connectivity index (χ4n) is 13.3. The van der Waals surface area contributed by atoms with Gasteiger partial charge in [-0.1, -0.05) is 407 Å². The van der Waals surface area contributed by atoms with Crippen molar-refractivity contribution in [1.29, 1.82) is 0 Å². The summed E-state index contributed by atoms with van der Waals surface area (Å²) in [5.41, 5.74) is 0. The third-order valence-corrected chi connectivity index (χ3v) is 21.9. The zero-order valence-corrected chi connectivity index (χ0v) is 70.0. The van der Waals surface area contributed by atoms with Crippen LogP contribution in [0.3, 0.4) is 0 Å². The molecule has 0 rings (SSSR count). The number of phosphoric acid groups is 2. The van der Waals surface area contributed by atoms with Gasteiger partial charge in [0.25, 0.3) is 0 Å². The van der Waals surface area contributed by atoms with E-state index in [4.69, 9.17) is 37.0 Å². The minimum Gasteiger partial charge on any atom is -0.462 e. The van der Waals surface area contributed by atoms with Gasteiger partial charge in [-0.05, 0) is 31.6 Å². The quantitative estimate of drug-likeness (QED) is 0.0222. The minimum atomic E-state index is -4.96. The van der Waals surface area contributed by atoms with Crippen molar-refractivity contribution in [3.63, 3.8) is 0 Å². The fraction of sp³-hybridized carbons (Fsp3) is 0.953. The van der Waals surface area contributed by atoms with Crippen molar-refractivity contribution in [3.8, 4) is 0 Å². The van der Waals surface area contributed by atoms with Gasteiger partial charge in [-0.25, -0.2) is 9.13 Å². The molecular weight excluding hydrogens is 1350 g/mol. The summed E-state index contributed by atoms with van der Waals surface area (Å²) in [6, 6.07) is 0. The van der Waals surface area contributed by atoms with Gasteiger partial charge in [-0.2, -0.15) is 0 Å². The lowest BCUT2D eigenvalue weighted by atomic mass is 10.0. The minimum absolute atomic E-state index is 0.108. The largest absolute Gasteiger partial charge is 0.472 e. The number of unbranched alkanes of at least 4 members (excludes halogenated alkanes) is 57. The van der Waals surface area contributed by atoms with Gasteiger partial charge in [0.1, 0.15) is 19.3 Å². The first-order chi connectivity index (χ1) is 50.5. The number of rotatable bonds is 85. The lowest BCUT2D eigenvalue weighted by molar-refractivity contribution is -0.161. The highest BCUT2D eigenvalue weighted by molar-refractivity contribution is 7.47. The summed E-state index contributed by atoms with van der Waals surface area (Å²) in [5, 5.41) is 10.7. The summed E-state index contributed by atoms with van der Waals surface area (Å²) < 4.78 is 68.8. The standard InChI is InChI=1S/C85H166O17P2/c1-6-9-12-15-18-21-24-27-29-31-33-34-36-38-40-43-46-49-56-61-66-71-85(90)101-80(74-95-82(87)68-63-58-53-47-44-42-39-37-35-32-30-28-25-22-19-16-13-10-7-2)76-99-103(91,92)97-72-79(86)73-98-104(93,94)100-77-81(75-96-83(88)69-64-59-54-51-50-52-57-62-67-78(4)5)102-84(89)70-65-60-55-48-45-41-26-23-20-17-14-11-8-3/h78-81,86H,6-77H2,1-5H3,(H,91,92)(H,93,94)/t79-,80-,81-/m1/s1. The van der Waals surface area contributed by atoms with Gasteiger partial charge in [-0.3, -0.25) is 37.3 Å². The molecule has 3 N–H and O–H groups in total. The number of carbonyl (C=O) groups is 4. The van der Waals surface area contributed by atoms with E-state index in [2.05, 4.69) is 34.6 Å². The number of hydrogen-bond donors (Lipinski definition) is 3. The predicted octanol–water partition coefficient (Wildman–Crippen LogP) is 26.0. The molecule has 0 bridgehead atoms. The van der Waals surface area contributed by atoms with Gasteiger partial charge in [0.15, 0.2) is 12.2 Å². The second-order valence-electron chi connectivity index (χ2n) is 31.1.